The van der Waals surface area contributed by atoms with Gasteiger partial charge in [0.2, 0.25) is 0 Å². The molecular formula is C12H17ClFNO. The highest BCUT2D eigenvalue weighted by Crippen LogP contribution is 2.22. The smallest absolute Gasteiger partial charge is 0.124 e. The summed E-state index contributed by atoms with van der Waals surface area (Å²) in [5, 5.41) is 3.93. The first-order valence-electron chi connectivity index (χ1n) is 5.34. The molecule has 90 valence electrons. The molecule has 16 heavy (non-hydrogen) atoms. The summed E-state index contributed by atoms with van der Waals surface area (Å²) in [4.78, 5) is 0. The molecule has 1 N–H and O–H groups in total. The predicted octanol–water partition coefficient (Wildman–Crippen LogP) is 3.19. The second kappa shape index (κ2) is 6.71. The second-order valence-corrected chi connectivity index (χ2v) is 4.26. The van der Waals surface area contributed by atoms with Crippen molar-refractivity contribution in [3.63, 3.8) is 0 Å². The zero-order chi connectivity index (χ0) is 12.0. The SMILES string of the molecule is CC(C)NCc1cc(Cl)ccc1OCCF. The molecule has 0 aliphatic rings. The Labute approximate surface area is 101 Å². The first-order chi connectivity index (χ1) is 7.63. The highest BCUT2D eigenvalue weighted by molar-refractivity contribution is 6.30. The van der Waals surface area contributed by atoms with Crippen molar-refractivity contribution in [2.24, 2.45) is 0 Å². The monoisotopic (exact) mass is 245 g/mol. The minimum atomic E-state index is -0.486. The lowest BCUT2D eigenvalue weighted by molar-refractivity contribution is 0.270. The Bertz CT molecular complexity index is 331. The maximum atomic E-state index is 12.0. The van der Waals surface area contributed by atoms with E-state index in [1.54, 1.807) is 12.1 Å². The van der Waals surface area contributed by atoms with Crippen LogP contribution in [0.5, 0.6) is 5.75 Å². The molecule has 0 aliphatic heterocycles. The highest BCUT2D eigenvalue weighted by atomic mass is 35.5. The number of alkyl halides is 1. The molecule has 0 aliphatic carbocycles. The molecule has 0 aromatic heterocycles. The Morgan fingerprint density at radius 1 is 1.44 bits per heavy atom. The Kier molecular flexibility index (Phi) is 5.56. The number of hydrogen-bond donors (Lipinski definition) is 1. The lowest BCUT2D eigenvalue weighted by atomic mass is 10.2. The van der Waals surface area contributed by atoms with Crippen LogP contribution in [-0.4, -0.2) is 19.3 Å². The van der Waals surface area contributed by atoms with E-state index in [4.69, 9.17) is 16.3 Å². The van der Waals surface area contributed by atoms with Gasteiger partial charge < -0.3 is 10.1 Å². The van der Waals surface area contributed by atoms with Crippen molar-refractivity contribution < 1.29 is 9.13 Å². The van der Waals surface area contributed by atoms with E-state index in [0.29, 0.717) is 23.4 Å². The fraction of sp³-hybridized carbons (Fsp3) is 0.500. The van der Waals surface area contributed by atoms with Gasteiger partial charge in [-0.3, -0.25) is 0 Å². The quantitative estimate of drug-likeness (QED) is 0.831. The molecule has 4 heteroatoms. The minimum absolute atomic E-state index is 0.0797. The predicted molar refractivity (Wildman–Crippen MR) is 64.9 cm³/mol. The van der Waals surface area contributed by atoms with Crippen molar-refractivity contribution in [1.82, 2.24) is 5.32 Å². The van der Waals surface area contributed by atoms with E-state index < -0.39 is 6.67 Å². The summed E-state index contributed by atoms with van der Waals surface area (Å²) in [7, 11) is 0. The summed E-state index contributed by atoms with van der Waals surface area (Å²) < 4.78 is 17.3. The number of rotatable bonds is 6. The third-order valence-electron chi connectivity index (χ3n) is 2.06. The van der Waals surface area contributed by atoms with Crippen molar-refractivity contribution in [1.29, 1.82) is 0 Å². The van der Waals surface area contributed by atoms with E-state index in [1.807, 2.05) is 6.07 Å². The molecular weight excluding hydrogens is 229 g/mol. The lowest BCUT2D eigenvalue weighted by Crippen LogP contribution is -2.22. The average molecular weight is 246 g/mol. The summed E-state index contributed by atoms with van der Waals surface area (Å²) >= 11 is 5.91. The fourth-order valence-electron chi connectivity index (χ4n) is 1.29. The Balaban J connectivity index is 2.72. The summed E-state index contributed by atoms with van der Waals surface area (Å²) in [6, 6.07) is 5.74. The normalized spacial score (nSPS) is 10.8. The van der Waals surface area contributed by atoms with Crippen LogP contribution < -0.4 is 10.1 Å². The van der Waals surface area contributed by atoms with Gasteiger partial charge in [-0.2, -0.15) is 0 Å². The van der Waals surface area contributed by atoms with E-state index in [2.05, 4.69) is 19.2 Å². The van der Waals surface area contributed by atoms with E-state index in [-0.39, 0.29) is 6.61 Å². The number of nitrogens with one attached hydrogen (secondary N) is 1. The fourth-order valence-corrected chi connectivity index (χ4v) is 1.48. The van der Waals surface area contributed by atoms with Gasteiger partial charge in [-0.1, -0.05) is 25.4 Å². The Hall–Kier alpha value is -0.800. The second-order valence-electron chi connectivity index (χ2n) is 3.83. The van der Waals surface area contributed by atoms with Gasteiger partial charge >= 0.3 is 0 Å². The van der Waals surface area contributed by atoms with Gasteiger partial charge in [0.25, 0.3) is 0 Å². The number of benzene rings is 1. The summed E-state index contributed by atoms with van der Waals surface area (Å²) in [6.07, 6.45) is 0. The number of ether oxygens (including phenoxy) is 1. The maximum absolute atomic E-state index is 12.0. The van der Waals surface area contributed by atoms with Gasteiger partial charge in [0, 0.05) is 23.2 Å². The van der Waals surface area contributed by atoms with Crippen molar-refractivity contribution in [3.8, 4) is 5.75 Å². The van der Waals surface area contributed by atoms with Crippen molar-refractivity contribution >= 4 is 11.6 Å². The Morgan fingerprint density at radius 3 is 2.81 bits per heavy atom. The van der Waals surface area contributed by atoms with E-state index >= 15 is 0 Å². The number of halogens is 2. The van der Waals surface area contributed by atoms with Crippen molar-refractivity contribution in [2.75, 3.05) is 13.3 Å². The third-order valence-corrected chi connectivity index (χ3v) is 2.29. The van der Waals surface area contributed by atoms with Crippen molar-refractivity contribution in [3.05, 3.63) is 28.8 Å². The van der Waals surface area contributed by atoms with Crippen LogP contribution in [0.3, 0.4) is 0 Å². The zero-order valence-electron chi connectivity index (χ0n) is 9.59. The van der Waals surface area contributed by atoms with E-state index in [9.17, 15) is 4.39 Å². The first-order valence-corrected chi connectivity index (χ1v) is 5.72. The molecule has 0 radical (unpaired) electrons. The molecule has 1 aromatic rings. The van der Waals surface area contributed by atoms with Crippen LogP contribution in [0.15, 0.2) is 18.2 Å². The van der Waals surface area contributed by atoms with Crippen LogP contribution in [0.4, 0.5) is 4.39 Å². The van der Waals surface area contributed by atoms with Gasteiger partial charge in [-0.25, -0.2) is 4.39 Å². The Morgan fingerprint density at radius 2 is 2.19 bits per heavy atom. The topological polar surface area (TPSA) is 21.3 Å². The molecule has 2 nitrogen and oxygen atoms in total. The molecule has 0 fully saturated rings. The van der Waals surface area contributed by atoms with Gasteiger partial charge in [-0.15, -0.1) is 0 Å². The summed E-state index contributed by atoms with van der Waals surface area (Å²) in [5.74, 6) is 0.690. The molecule has 0 spiro atoms. The molecule has 0 unspecified atom stereocenters. The highest BCUT2D eigenvalue weighted by Gasteiger charge is 2.05. The van der Waals surface area contributed by atoms with Crippen LogP contribution in [-0.2, 0) is 6.54 Å². The first kappa shape index (κ1) is 13.3. The summed E-state index contributed by atoms with van der Waals surface area (Å²) in [6.45, 7) is 4.38. The maximum Gasteiger partial charge on any atom is 0.124 e. The van der Waals surface area contributed by atoms with Crippen molar-refractivity contribution in [2.45, 2.75) is 26.4 Å². The summed E-state index contributed by atoms with van der Waals surface area (Å²) in [5.41, 5.74) is 0.953. The van der Waals surface area contributed by atoms with Crippen LogP contribution in [0.1, 0.15) is 19.4 Å². The average Bonchev–Trinajstić information content (AvgIpc) is 2.25. The molecule has 0 amide bonds. The molecule has 1 aromatic carbocycles. The largest absolute Gasteiger partial charge is 0.491 e. The molecule has 0 bridgehead atoms. The van der Waals surface area contributed by atoms with Gasteiger partial charge in [0.15, 0.2) is 0 Å². The molecule has 0 saturated heterocycles. The standard InChI is InChI=1S/C12H17ClFNO/c1-9(2)15-8-10-7-11(13)3-4-12(10)16-6-5-14/h3-4,7,9,15H,5-6,8H2,1-2H3. The van der Waals surface area contributed by atoms with Crippen LogP contribution in [0.2, 0.25) is 5.02 Å². The van der Waals surface area contributed by atoms with Gasteiger partial charge in [0.05, 0.1) is 0 Å². The van der Waals surface area contributed by atoms with Gasteiger partial charge in [0.1, 0.15) is 19.0 Å². The van der Waals surface area contributed by atoms with Crippen LogP contribution in [0, 0.1) is 0 Å². The minimum Gasteiger partial charge on any atom is -0.491 e. The molecule has 0 saturated carbocycles. The van der Waals surface area contributed by atoms with Crippen LogP contribution in [0.25, 0.3) is 0 Å². The third kappa shape index (κ3) is 4.37. The lowest BCUT2D eigenvalue weighted by Gasteiger charge is -2.13. The molecule has 1 rings (SSSR count). The van der Waals surface area contributed by atoms with Gasteiger partial charge in [-0.05, 0) is 18.2 Å². The number of hydrogen-bond acceptors (Lipinski definition) is 2. The van der Waals surface area contributed by atoms with E-state index in [1.165, 1.54) is 0 Å². The van der Waals surface area contributed by atoms with Crippen LogP contribution >= 0.6 is 11.6 Å². The molecule has 0 atom stereocenters. The van der Waals surface area contributed by atoms with E-state index in [0.717, 1.165) is 5.56 Å². The molecule has 0 heterocycles. The zero-order valence-corrected chi connectivity index (χ0v) is 10.4.